The highest BCUT2D eigenvalue weighted by molar-refractivity contribution is 9.10. The smallest absolute Gasteiger partial charge is 0.323 e. The third-order valence-electron chi connectivity index (χ3n) is 6.02. The number of hydrogen-bond acceptors (Lipinski definition) is 3. The molecule has 0 fully saturated rings. The zero-order valence-corrected chi connectivity index (χ0v) is 21.7. The summed E-state index contributed by atoms with van der Waals surface area (Å²) in [5, 5.41) is 9.35. The zero-order chi connectivity index (χ0) is 26.0. The second-order valence-corrected chi connectivity index (χ2v) is 10.5. The van der Waals surface area contributed by atoms with Gasteiger partial charge in [-0.3, -0.25) is 9.59 Å². The van der Waals surface area contributed by atoms with Crippen molar-refractivity contribution in [3.05, 3.63) is 98.0 Å². The number of carboxylic acids is 1. The van der Waals surface area contributed by atoms with E-state index in [4.69, 9.17) is 16.3 Å². The fourth-order valence-corrected chi connectivity index (χ4v) is 4.85. The van der Waals surface area contributed by atoms with Crippen molar-refractivity contribution >= 4 is 39.4 Å². The van der Waals surface area contributed by atoms with Crippen molar-refractivity contribution in [2.24, 2.45) is 0 Å². The molecule has 0 bridgehead atoms. The quantitative estimate of drug-likeness (QED) is 0.358. The van der Waals surface area contributed by atoms with Crippen molar-refractivity contribution in [2.45, 2.75) is 38.3 Å². The van der Waals surface area contributed by atoms with Gasteiger partial charge in [-0.1, -0.05) is 51.8 Å². The predicted molar refractivity (Wildman–Crippen MR) is 135 cm³/mol. The number of carboxylic acid groups (broad SMARTS) is 1. The fourth-order valence-electron chi connectivity index (χ4n) is 4.40. The maximum absolute atomic E-state index is 14.3. The molecule has 1 heterocycles. The molecule has 9 heteroatoms. The Kier molecular flexibility index (Phi) is 7.66. The van der Waals surface area contributed by atoms with Crippen LogP contribution in [0.4, 0.5) is 8.78 Å². The van der Waals surface area contributed by atoms with E-state index in [1.807, 2.05) is 13.0 Å². The summed E-state index contributed by atoms with van der Waals surface area (Å²) in [6.07, 6.45) is 0.977. The monoisotopic (exact) mass is 577 g/mol. The Balaban J connectivity index is 1.47. The van der Waals surface area contributed by atoms with Gasteiger partial charge in [0.2, 0.25) is 5.91 Å². The van der Waals surface area contributed by atoms with Crippen LogP contribution in [-0.4, -0.2) is 34.0 Å². The van der Waals surface area contributed by atoms with Crippen molar-refractivity contribution in [3.8, 4) is 5.75 Å². The summed E-state index contributed by atoms with van der Waals surface area (Å²) in [6, 6.07) is 14.5. The Labute approximate surface area is 220 Å². The Morgan fingerprint density at radius 3 is 2.53 bits per heavy atom. The van der Waals surface area contributed by atoms with Gasteiger partial charge < -0.3 is 14.7 Å². The lowest BCUT2D eigenvalue weighted by Gasteiger charge is -2.24. The highest BCUT2D eigenvalue weighted by Gasteiger charge is 2.35. The number of nitrogens with zero attached hydrogens (tertiary/aromatic N) is 1. The van der Waals surface area contributed by atoms with Crippen LogP contribution in [0.3, 0.4) is 0 Å². The van der Waals surface area contributed by atoms with Gasteiger partial charge in [0.1, 0.15) is 29.5 Å². The van der Waals surface area contributed by atoms with Crippen LogP contribution in [0, 0.1) is 11.6 Å². The lowest BCUT2D eigenvalue weighted by molar-refractivity contribution is -0.144. The van der Waals surface area contributed by atoms with Gasteiger partial charge in [0, 0.05) is 29.4 Å². The molecule has 1 aliphatic heterocycles. The van der Waals surface area contributed by atoms with Crippen LogP contribution in [0.15, 0.2) is 59.1 Å². The number of ether oxygens (including phenoxy) is 1. The van der Waals surface area contributed by atoms with Crippen molar-refractivity contribution < 1.29 is 28.2 Å². The van der Waals surface area contributed by atoms with E-state index in [0.29, 0.717) is 28.6 Å². The molecule has 0 aromatic heterocycles. The van der Waals surface area contributed by atoms with Crippen LogP contribution in [-0.2, 0) is 35.4 Å². The molecular weight excluding hydrogens is 556 g/mol. The molecule has 188 valence electrons. The van der Waals surface area contributed by atoms with Crippen LogP contribution in [0.2, 0.25) is 5.02 Å². The molecule has 1 aliphatic rings. The standard InChI is InChI=1S/C27H23BrClF2NO4/c1-27(12-17-2-6-21(29)23(31)9-17)13-19-8-16(3-7-24(19)36-27)10-25(33)32(15-26(34)35)14-18-4-5-20(28)11-22(18)30/h2-9,11H,10,12-15H2,1H3,(H,34,35)/t27-/m0/s1. The minimum Gasteiger partial charge on any atom is -0.487 e. The van der Waals surface area contributed by atoms with E-state index in [0.717, 1.165) is 16.0 Å². The summed E-state index contributed by atoms with van der Waals surface area (Å²) < 4.78 is 34.9. The molecule has 0 saturated heterocycles. The minimum absolute atomic E-state index is 0.0438. The van der Waals surface area contributed by atoms with Gasteiger partial charge in [-0.15, -0.1) is 0 Å². The Morgan fingerprint density at radius 2 is 1.83 bits per heavy atom. The molecule has 36 heavy (non-hydrogen) atoms. The fraction of sp³-hybridized carbons (Fsp3) is 0.259. The third kappa shape index (κ3) is 6.23. The molecule has 0 unspecified atom stereocenters. The molecular formula is C27H23BrClF2NO4. The summed E-state index contributed by atoms with van der Waals surface area (Å²) in [4.78, 5) is 25.5. The molecule has 1 atom stereocenters. The summed E-state index contributed by atoms with van der Waals surface area (Å²) >= 11 is 8.97. The van der Waals surface area contributed by atoms with E-state index in [1.54, 1.807) is 24.3 Å². The number of fused-ring (bicyclic) bond motifs is 1. The first-order valence-electron chi connectivity index (χ1n) is 11.2. The lowest BCUT2D eigenvalue weighted by atomic mass is 9.91. The van der Waals surface area contributed by atoms with Gasteiger partial charge in [-0.25, -0.2) is 8.78 Å². The van der Waals surface area contributed by atoms with Gasteiger partial charge in [0.25, 0.3) is 0 Å². The molecule has 5 nitrogen and oxygen atoms in total. The number of hydrogen-bond donors (Lipinski definition) is 1. The molecule has 0 spiro atoms. The second kappa shape index (κ2) is 10.6. The first-order valence-corrected chi connectivity index (χ1v) is 12.4. The Bertz CT molecular complexity index is 1340. The molecule has 1 amide bonds. The summed E-state index contributed by atoms with van der Waals surface area (Å²) in [5.74, 6) is -1.94. The number of aliphatic carboxylic acids is 1. The molecule has 3 aromatic carbocycles. The molecule has 0 saturated carbocycles. The maximum atomic E-state index is 14.3. The normalized spacial score (nSPS) is 16.4. The number of halogens is 4. The molecule has 4 rings (SSSR count). The highest BCUT2D eigenvalue weighted by atomic mass is 79.9. The average Bonchev–Trinajstić information content (AvgIpc) is 3.12. The van der Waals surface area contributed by atoms with Crippen LogP contribution in [0.5, 0.6) is 5.75 Å². The van der Waals surface area contributed by atoms with Crippen LogP contribution < -0.4 is 4.74 Å². The lowest BCUT2D eigenvalue weighted by Crippen LogP contribution is -2.36. The SMILES string of the molecule is C[C@]1(Cc2ccc(Cl)c(F)c2)Cc2cc(CC(=O)N(CC(=O)O)Cc3ccc(Br)cc3F)ccc2O1. The predicted octanol–water partition coefficient (Wildman–Crippen LogP) is 5.97. The number of rotatable bonds is 8. The van der Waals surface area contributed by atoms with Gasteiger partial charge in [-0.2, -0.15) is 0 Å². The highest BCUT2D eigenvalue weighted by Crippen LogP contribution is 2.38. The van der Waals surface area contributed by atoms with Gasteiger partial charge in [0.15, 0.2) is 0 Å². The van der Waals surface area contributed by atoms with Crippen LogP contribution in [0.1, 0.15) is 29.2 Å². The van der Waals surface area contributed by atoms with Crippen molar-refractivity contribution in [3.63, 3.8) is 0 Å². The first-order chi connectivity index (χ1) is 17.0. The second-order valence-electron chi connectivity index (χ2n) is 9.15. The van der Waals surface area contributed by atoms with E-state index in [1.165, 1.54) is 24.3 Å². The Morgan fingerprint density at radius 1 is 1.08 bits per heavy atom. The number of benzene rings is 3. The topological polar surface area (TPSA) is 66.8 Å². The Hall–Kier alpha value is -2.97. The maximum Gasteiger partial charge on any atom is 0.323 e. The van der Waals surface area contributed by atoms with E-state index in [9.17, 15) is 23.5 Å². The summed E-state index contributed by atoms with van der Waals surface area (Å²) in [6.45, 7) is 1.23. The van der Waals surface area contributed by atoms with E-state index < -0.39 is 35.7 Å². The van der Waals surface area contributed by atoms with Gasteiger partial charge >= 0.3 is 5.97 Å². The molecule has 0 aliphatic carbocycles. The summed E-state index contributed by atoms with van der Waals surface area (Å²) in [7, 11) is 0. The van der Waals surface area contributed by atoms with Crippen LogP contribution >= 0.6 is 27.5 Å². The van der Waals surface area contributed by atoms with Gasteiger partial charge in [0.05, 0.1) is 11.4 Å². The zero-order valence-electron chi connectivity index (χ0n) is 19.4. The van der Waals surface area contributed by atoms with E-state index in [-0.39, 0.29) is 23.6 Å². The van der Waals surface area contributed by atoms with Gasteiger partial charge in [-0.05, 0) is 53.9 Å². The molecule has 1 N–H and O–H groups in total. The molecule has 0 radical (unpaired) electrons. The first kappa shape index (κ1) is 26.1. The van der Waals surface area contributed by atoms with Crippen molar-refractivity contribution in [1.82, 2.24) is 4.90 Å². The van der Waals surface area contributed by atoms with Crippen molar-refractivity contribution in [1.29, 1.82) is 0 Å². The van der Waals surface area contributed by atoms with Crippen LogP contribution in [0.25, 0.3) is 0 Å². The third-order valence-corrected chi connectivity index (χ3v) is 6.82. The van der Waals surface area contributed by atoms with Crippen molar-refractivity contribution in [2.75, 3.05) is 6.54 Å². The van der Waals surface area contributed by atoms with E-state index in [2.05, 4.69) is 15.9 Å². The minimum atomic E-state index is -1.18. The molecule has 3 aromatic rings. The number of carbonyl (C=O) groups is 2. The largest absolute Gasteiger partial charge is 0.487 e. The number of carbonyl (C=O) groups excluding carboxylic acids is 1. The number of amides is 1. The summed E-state index contributed by atoms with van der Waals surface area (Å²) in [5.41, 5.74) is 1.98. The average molecular weight is 579 g/mol. The van der Waals surface area contributed by atoms with E-state index >= 15 is 0 Å².